The third kappa shape index (κ3) is 8.02. The molecular formula is C25H33FN2O2S. The summed E-state index contributed by atoms with van der Waals surface area (Å²) in [6.07, 6.45) is 1.33. The van der Waals surface area contributed by atoms with E-state index in [1.54, 1.807) is 17.0 Å². The Morgan fingerprint density at radius 3 is 2.39 bits per heavy atom. The molecule has 0 aromatic heterocycles. The van der Waals surface area contributed by atoms with Gasteiger partial charge in [0.15, 0.2) is 0 Å². The van der Waals surface area contributed by atoms with Gasteiger partial charge in [-0.15, -0.1) is 11.8 Å². The predicted octanol–water partition coefficient (Wildman–Crippen LogP) is 5.09. The molecule has 2 atom stereocenters. The highest BCUT2D eigenvalue weighted by Crippen LogP contribution is 2.18. The zero-order chi connectivity index (χ0) is 22.8. The Labute approximate surface area is 189 Å². The standard InChI is InChI=1S/C25H33FN2O2S/c1-5-19(4)27-25(30)23(6-2)28(15-20-10-12-22(26)13-11-20)24(29)17-31-16-21-9-7-8-18(3)14-21/h7-14,19,23H,5-6,15-17H2,1-4H3,(H,27,30)/t19-,23-/m0/s1. The molecule has 0 bridgehead atoms. The summed E-state index contributed by atoms with van der Waals surface area (Å²) < 4.78 is 13.3. The third-order valence-electron chi connectivity index (χ3n) is 5.23. The maximum absolute atomic E-state index is 13.3. The fourth-order valence-corrected chi connectivity index (χ4v) is 4.15. The van der Waals surface area contributed by atoms with Crippen LogP contribution >= 0.6 is 11.8 Å². The Morgan fingerprint density at radius 1 is 1.06 bits per heavy atom. The number of rotatable bonds is 11. The molecule has 2 aromatic rings. The number of hydrogen-bond donors (Lipinski definition) is 1. The van der Waals surface area contributed by atoms with Gasteiger partial charge >= 0.3 is 0 Å². The maximum Gasteiger partial charge on any atom is 0.243 e. The van der Waals surface area contributed by atoms with Crippen molar-refractivity contribution < 1.29 is 14.0 Å². The van der Waals surface area contributed by atoms with Crippen LogP contribution in [-0.4, -0.2) is 34.6 Å². The second kappa shape index (κ2) is 12.5. The zero-order valence-electron chi connectivity index (χ0n) is 18.9. The average molecular weight is 445 g/mol. The largest absolute Gasteiger partial charge is 0.352 e. The molecule has 0 aliphatic heterocycles. The third-order valence-corrected chi connectivity index (χ3v) is 6.22. The van der Waals surface area contributed by atoms with E-state index in [0.717, 1.165) is 17.7 Å². The highest BCUT2D eigenvalue weighted by atomic mass is 32.2. The van der Waals surface area contributed by atoms with Crippen molar-refractivity contribution in [2.75, 3.05) is 5.75 Å². The van der Waals surface area contributed by atoms with E-state index in [1.807, 2.05) is 39.8 Å². The summed E-state index contributed by atoms with van der Waals surface area (Å²) in [5, 5.41) is 3.00. The number of nitrogens with one attached hydrogen (secondary N) is 1. The molecule has 0 unspecified atom stereocenters. The normalized spacial score (nSPS) is 12.8. The molecule has 168 valence electrons. The molecule has 0 heterocycles. The summed E-state index contributed by atoms with van der Waals surface area (Å²) in [5.41, 5.74) is 3.16. The Morgan fingerprint density at radius 2 is 1.77 bits per heavy atom. The van der Waals surface area contributed by atoms with Crippen LogP contribution in [0, 0.1) is 12.7 Å². The molecule has 0 aliphatic rings. The highest BCUT2D eigenvalue weighted by Gasteiger charge is 2.29. The fraction of sp³-hybridized carbons (Fsp3) is 0.440. The number of benzene rings is 2. The molecule has 0 saturated carbocycles. The van der Waals surface area contributed by atoms with Gasteiger partial charge in [-0.2, -0.15) is 0 Å². The molecule has 2 aromatic carbocycles. The van der Waals surface area contributed by atoms with Crippen molar-refractivity contribution in [3.63, 3.8) is 0 Å². The molecule has 4 nitrogen and oxygen atoms in total. The lowest BCUT2D eigenvalue weighted by molar-refractivity contribution is -0.139. The van der Waals surface area contributed by atoms with Gasteiger partial charge in [0.2, 0.25) is 11.8 Å². The Balaban J connectivity index is 2.13. The number of thioether (sulfide) groups is 1. The van der Waals surface area contributed by atoms with Crippen LogP contribution in [0.3, 0.4) is 0 Å². The van der Waals surface area contributed by atoms with E-state index in [2.05, 4.69) is 17.4 Å². The molecule has 31 heavy (non-hydrogen) atoms. The van der Waals surface area contributed by atoms with Crippen molar-refractivity contribution in [1.29, 1.82) is 0 Å². The highest BCUT2D eigenvalue weighted by molar-refractivity contribution is 7.99. The summed E-state index contributed by atoms with van der Waals surface area (Å²) >= 11 is 1.54. The zero-order valence-corrected chi connectivity index (χ0v) is 19.7. The smallest absolute Gasteiger partial charge is 0.243 e. The SMILES string of the molecule is CC[C@H](C)NC(=O)[C@H](CC)N(Cc1ccc(F)cc1)C(=O)CSCc1cccc(C)c1. The minimum Gasteiger partial charge on any atom is -0.352 e. The number of hydrogen-bond acceptors (Lipinski definition) is 3. The molecule has 1 N–H and O–H groups in total. The Kier molecular flexibility index (Phi) is 10.0. The van der Waals surface area contributed by atoms with E-state index >= 15 is 0 Å². The summed E-state index contributed by atoms with van der Waals surface area (Å²) in [7, 11) is 0. The van der Waals surface area contributed by atoms with Crippen LogP contribution in [0.2, 0.25) is 0 Å². The van der Waals surface area contributed by atoms with Gasteiger partial charge in [0.05, 0.1) is 5.75 Å². The first-order valence-electron chi connectivity index (χ1n) is 10.8. The van der Waals surface area contributed by atoms with E-state index in [4.69, 9.17) is 0 Å². The van der Waals surface area contributed by atoms with Crippen LogP contribution in [0.1, 0.15) is 50.3 Å². The molecule has 0 aliphatic carbocycles. The lowest BCUT2D eigenvalue weighted by Crippen LogP contribution is -2.51. The van der Waals surface area contributed by atoms with Gasteiger partial charge in [0, 0.05) is 18.3 Å². The Bertz CT molecular complexity index is 857. The average Bonchev–Trinajstić information content (AvgIpc) is 2.74. The molecule has 2 amide bonds. The van der Waals surface area contributed by atoms with Crippen LogP contribution in [0.4, 0.5) is 4.39 Å². The van der Waals surface area contributed by atoms with Crippen molar-refractivity contribution in [1.82, 2.24) is 10.2 Å². The molecule has 0 radical (unpaired) electrons. The first-order chi connectivity index (χ1) is 14.8. The second-order valence-electron chi connectivity index (χ2n) is 7.87. The molecule has 2 rings (SSSR count). The van der Waals surface area contributed by atoms with Crippen LogP contribution in [0.15, 0.2) is 48.5 Å². The Hall–Kier alpha value is -2.34. The van der Waals surface area contributed by atoms with Crippen molar-refractivity contribution in [2.24, 2.45) is 0 Å². The van der Waals surface area contributed by atoms with Gasteiger partial charge in [-0.3, -0.25) is 9.59 Å². The van der Waals surface area contributed by atoms with Crippen LogP contribution in [-0.2, 0) is 21.9 Å². The van der Waals surface area contributed by atoms with E-state index < -0.39 is 6.04 Å². The van der Waals surface area contributed by atoms with Crippen molar-refractivity contribution in [3.8, 4) is 0 Å². The molecule has 0 spiro atoms. The summed E-state index contributed by atoms with van der Waals surface area (Å²) in [6.45, 7) is 8.19. The van der Waals surface area contributed by atoms with Gasteiger partial charge in [-0.25, -0.2) is 4.39 Å². The predicted molar refractivity (Wildman–Crippen MR) is 126 cm³/mol. The van der Waals surface area contributed by atoms with Crippen molar-refractivity contribution in [3.05, 3.63) is 71.0 Å². The van der Waals surface area contributed by atoms with Gasteiger partial charge < -0.3 is 10.2 Å². The number of carbonyl (C=O) groups excluding carboxylic acids is 2. The molecule has 0 fully saturated rings. The van der Waals surface area contributed by atoms with E-state index in [1.165, 1.54) is 35.0 Å². The molecule has 0 saturated heterocycles. The minimum absolute atomic E-state index is 0.0417. The van der Waals surface area contributed by atoms with E-state index in [0.29, 0.717) is 6.42 Å². The first kappa shape index (κ1) is 24.9. The number of amides is 2. The second-order valence-corrected chi connectivity index (χ2v) is 8.86. The summed E-state index contributed by atoms with van der Waals surface area (Å²) in [5.74, 6) is 0.455. The van der Waals surface area contributed by atoms with Crippen molar-refractivity contribution >= 4 is 23.6 Å². The van der Waals surface area contributed by atoms with Gasteiger partial charge in [0.1, 0.15) is 11.9 Å². The number of aryl methyl sites for hydroxylation is 1. The maximum atomic E-state index is 13.3. The number of nitrogens with zero attached hydrogens (tertiary/aromatic N) is 1. The molecule has 6 heteroatoms. The quantitative estimate of drug-likeness (QED) is 0.525. The van der Waals surface area contributed by atoms with Gasteiger partial charge in [-0.05, 0) is 49.9 Å². The van der Waals surface area contributed by atoms with E-state index in [-0.39, 0.29) is 36.0 Å². The first-order valence-corrected chi connectivity index (χ1v) is 12.0. The van der Waals surface area contributed by atoms with Crippen molar-refractivity contribution in [2.45, 2.75) is 64.9 Å². The number of halogens is 1. The summed E-state index contributed by atoms with van der Waals surface area (Å²) in [4.78, 5) is 27.7. The lowest BCUT2D eigenvalue weighted by Gasteiger charge is -2.31. The molecular weight excluding hydrogens is 411 g/mol. The minimum atomic E-state index is -0.564. The number of carbonyl (C=O) groups is 2. The topological polar surface area (TPSA) is 49.4 Å². The van der Waals surface area contributed by atoms with Crippen LogP contribution in [0.5, 0.6) is 0 Å². The summed E-state index contributed by atoms with van der Waals surface area (Å²) in [6, 6.07) is 13.8. The van der Waals surface area contributed by atoms with Gasteiger partial charge in [0.25, 0.3) is 0 Å². The van der Waals surface area contributed by atoms with E-state index in [9.17, 15) is 14.0 Å². The monoisotopic (exact) mass is 444 g/mol. The van der Waals surface area contributed by atoms with Crippen LogP contribution in [0.25, 0.3) is 0 Å². The lowest BCUT2D eigenvalue weighted by atomic mass is 10.1. The van der Waals surface area contributed by atoms with Crippen LogP contribution < -0.4 is 5.32 Å². The van der Waals surface area contributed by atoms with Gasteiger partial charge in [-0.1, -0.05) is 55.8 Å². The fourth-order valence-electron chi connectivity index (χ4n) is 3.29.